The lowest BCUT2D eigenvalue weighted by Gasteiger charge is -2.08. The minimum absolute atomic E-state index is 0.156. The molecule has 0 radical (unpaired) electrons. The Balaban J connectivity index is 2.11. The van der Waals surface area contributed by atoms with Gasteiger partial charge in [0.15, 0.2) is 24.0 Å². The maximum atomic E-state index is 13.7. The molecule has 2 aromatic rings. The lowest BCUT2D eigenvalue weighted by Crippen LogP contribution is -2.07. The first-order valence-corrected chi connectivity index (χ1v) is 5.64. The van der Waals surface area contributed by atoms with Crippen LogP contribution in [0.3, 0.4) is 0 Å². The van der Waals surface area contributed by atoms with E-state index in [1.165, 1.54) is 12.1 Å². The molecule has 102 valence electrons. The lowest BCUT2D eigenvalue weighted by molar-refractivity contribution is 0.259. The van der Waals surface area contributed by atoms with Crippen LogP contribution in [0.2, 0.25) is 0 Å². The van der Waals surface area contributed by atoms with Crippen LogP contribution in [-0.4, -0.2) is 17.2 Å². The molecule has 7 heteroatoms. The van der Waals surface area contributed by atoms with Crippen molar-refractivity contribution in [3.63, 3.8) is 0 Å². The van der Waals surface area contributed by atoms with Crippen molar-refractivity contribution in [1.29, 1.82) is 0 Å². The normalized spacial score (nSPS) is 10.7. The van der Waals surface area contributed by atoms with Gasteiger partial charge in [0.2, 0.25) is 11.7 Å². The largest absolute Gasteiger partial charge is 0.479 e. The van der Waals surface area contributed by atoms with E-state index in [2.05, 4.69) is 15.5 Å². The van der Waals surface area contributed by atoms with E-state index in [0.29, 0.717) is 18.0 Å². The molecular formula is C12H13F2N3O2. The maximum absolute atomic E-state index is 13.7. The summed E-state index contributed by atoms with van der Waals surface area (Å²) in [7, 11) is 1.69. The fourth-order valence-electron chi connectivity index (χ4n) is 1.59. The third kappa shape index (κ3) is 3.25. The van der Waals surface area contributed by atoms with Gasteiger partial charge in [-0.2, -0.15) is 4.98 Å². The van der Waals surface area contributed by atoms with E-state index in [1.807, 2.05) is 0 Å². The van der Waals surface area contributed by atoms with Crippen molar-refractivity contribution in [1.82, 2.24) is 15.5 Å². The SMILES string of the molecule is CNCc1cc(F)c(OCc2noc(C)n2)c(F)c1. The maximum Gasteiger partial charge on any atom is 0.223 e. The predicted octanol–water partition coefficient (Wildman–Crippen LogP) is 1.95. The summed E-state index contributed by atoms with van der Waals surface area (Å²) in [5.74, 6) is -1.36. The Bertz CT molecular complexity index is 549. The van der Waals surface area contributed by atoms with Crippen LogP contribution in [0, 0.1) is 18.6 Å². The van der Waals surface area contributed by atoms with E-state index in [9.17, 15) is 8.78 Å². The monoisotopic (exact) mass is 269 g/mol. The number of rotatable bonds is 5. The van der Waals surface area contributed by atoms with Gasteiger partial charge in [0.05, 0.1) is 0 Å². The van der Waals surface area contributed by atoms with Crippen molar-refractivity contribution >= 4 is 0 Å². The van der Waals surface area contributed by atoms with Crippen LogP contribution < -0.4 is 10.1 Å². The zero-order valence-corrected chi connectivity index (χ0v) is 10.5. The molecule has 0 saturated heterocycles. The Morgan fingerprint density at radius 3 is 2.53 bits per heavy atom. The summed E-state index contributed by atoms with van der Waals surface area (Å²) in [6.45, 7) is 1.83. The summed E-state index contributed by atoms with van der Waals surface area (Å²) >= 11 is 0. The molecule has 1 heterocycles. The standard InChI is InChI=1S/C12H13F2N3O2/c1-7-16-11(17-19-7)6-18-12-9(13)3-8(5-15-2)4-10(12)14/h3-4,15H,5-6H2,1-2H3. The molecule has 0 saturated carbocycles. The van der Waals surface area contributed by atoms with Gasteiger partial charge in [0.25, 0.3) is 0 Å². The molecule has 0 atom stereocenters. The molecule has 1 aromatic heterocycles. The van der Waals surface area contributed by atoms with E-state index >= 15 is 0 Å². The Labute approximate surface area is 108 Å². The van der Waals surface area contributed by atoms with Gasteiger partial charge in [-0.3, -0.25) is 0 Å². The van der Waals surface area contributed by atoms with E-state index < -0.39 is 17.4 Å². The van der Waals surface area contributed by atoms with Gasteiger partial charge in [0.1, 0.15) is 0 Å². The summed E-state index contributed by atoms with van der Waals surface area (Å²) in [5.41, 5.74) is 0.500. The highest BCUT2D eigenvalue weighted by Gasteiger charge is 2.14. The predicted molar refractivity (Wildman–Crippen MR) is 62.5 cm³/mol. The molecule has 0 aliphatic rings. The number of ether oxygens (including phenoxy) is 1. The van der Waals surface area contributed by atoms with Crippen LogP contribution >= 0.6 is 0 Å². The average molecular weight is 269 g/mol. The van der Waals surface area contributed by atoms with Crippen molar-refractivity contribution in [2.75, 3.05) is 7.05 Å². The van der Waals surface area contributed by atoms with Crippen LogP contribution in [0.25, 0.3) is 0 Å². The van der Waals surface area contributed by atoms with Crippen molar-refractivity contribution in [3.8, 4) is 5.75 Å². The smallest absolute Gasteiger partial charge is 0.223 e. The second-order valence-electron chi connectivity index (χ2n) is 3.94. The first-order chi connectivity index (χ1) is 9.10. The molecule has 0 aliphatic carbocycles. The van der Waals surface area contributed by atoms with E-state index in [-0.39, 0.29) is 12.4 Å². The molecule has 0 amide bonds. The number of aryl methyl sites for hydroxylation is 1. The van der Waals surface area contributed by atoms with Crippen molar-refractivity contribution in [2.24, 2.45) is 0 Å². The van der Waals surface area contributed by atoms with Crippen LogP contribution in [0.1, 0.15) is 17.3 Å². The quantitative estimate of drug-likeness (QED) is 0.899. The highest BCUT2D eigenvalue weighted by molar-refractivity contribution is 5.31. The van der Waals surface area contributed by atoms with Gasteiger partial charge in [-0.25, -0.2) is 8.78 Å². The second-order valence-corrected chi connectivity index (χ2v) is 3.94. The third-order valence-electron chi connectivity index (χ3n) is 2.35. The number of hydrogen-bond acceptors (Lipinski definition) is 5. The number of benzene rings is 1. The zero-order valence-electron chi connectivity index (χ0n) is 10.5. The Hall–Kier alpha value is -2.02. The second kappa shape index (κ2) is 5.75. The van der Waals surface area contributed by atoms with Gasteiger partial charge >= 0.3 is 0 Å². The average Bonchev–Trinajstić information content (AvgIpc) is 2.74. The molecule has 0 bridgehead atoms. The topological polar surface area (TPSA) is 60.2 Å². The molecule has 0 aliphatic heterocycles. The molecule has 0 fully saturated rings. The highest BCUT2D eigenvalue weighted by Crippen LogP contribution is 2.24. The summed E-state index contributed by atoms with van der Waals surface area (Å²) < 4.78 is 37.1. The highest BCUT2D eigenvalue weighted by atomic mass is 19.1. The van der Waals surface area contributed by atoms with Crippen LogP contribution in [0.5, 0.6) is 5.75 Å². The molecule has 0 spiro atoms. The van der Waals surface area contributed by atoms with E-state index in [1.54, 1.807) is 14.0 Å². The number of nitrogens with one attached hydrogen (secondary N) is 1. The molecule has 19 heavy (non-hydrogen) atoms. The molecular weight excluding hydrogens is 256 g/mol. The van der Waals surface area contributed by atoms with E-state index in [4.69, 9.17) is 9.26 Å². The summed E-state index contributed by atoms with van der Waals surface area (Å²) in [6.07, 6.45) is 0. The summed E-state index contributed by atoms with van der Waals surface area (Å²) in [6, 6.07) is 2.44. The molecule has 2 rings (SSSR count). The fraction of sp³-hybridized carbons (Fsp3) is 0.333. The Kier molecular flexibility index (Phi) is 4.06. The van der Waals surface area contributed by atoms with Gasteiger partial charge in [-0.05, 0) is 24.7 Å². The first-order valence-electron chi connectivity index (χ1n) is 5.64. The minimum atomic E-state index is -0.759. The number of hydrogen-bond donors (Lipinski definition) is 1. The van der Waals surface area contributed by atoms with Crippen molar-refractivity contribution in [3.05, 3.63) is 41.0 Å². The fourth-order valence-corrected chi connectivity index (χ4v) is 1.59. The lowest BCUT2D eigenvalue weighted by atomic mass is 10.2. The van der Waals surface area contributed by atoms with Gasteiger partial charge in [-0.1, -0.05) is 5.16 Å². The van der Waals surface area contributed by atoms with Crippen molar-refractivity contribution in [2.45, 2.75) is 20.1 Å². The summed E-state index contributed by atoms with van der Waals surface area (Å²) in [5, 5.41) is 6.38. The van der Waals surface area contributed by atoms with Gasteiger partial charge in [-0.15, -0.1) is 0 Å². The number of aromatic nitrogens is 2. The number of nitrogens with zero attached hydrogens (tertiary/aromatic N) is 2. The van der Waals surface area contributed by atoms with E-state index in [0.717, 1.165) is 0 Å². The van der Waals surface area contributed by atoms with Crippen LogP contribution in [-0.2, 0) is 13.2 Å². The molecule has 1 N–H and O–H groups in total. The Morgan fingerprint density at radius 1 is 1.32 bits per heavy atom. The van der Waals surface area contributed by atoms with Gasteiger partial charge < -0.3 is 14.6 Å². The minimum Gasteiger partial charge on any atom is -0.479 e. The molecule has 0 unspecified atom stereocenters. The van der Waals surface area contributed by atoms with Crippen molar-refractivity contribution < 1.29 is 18.0 Å². The third-order valence-corrected chi connectivity index (χ3v) is 2.35. The van der Waals surface area contributed by atoms with Crippen LogP contribution in [0.15, 0.2) is 16.7 Å². The molecule has 5 nitrogen and oxygen atoms in total. The van der Waals surface area contributed by atoms with Gasteiger partial charge in [0, 0.05) is 13.5 Å². The number of halogens is 2. The first kappa shape index (κ1) is 13.4. The summed E-state index contributed by atoms with van der Waals surface area (Å²) in [4.78, 5) is 3.87. The molecule has 1 aromatic carbocycles. The van der Waals surface area contributed by atoms with Crippen LogP contribution in [0.4, 0.5) is 8.78 Å². The zero-order chi connectivity index (χ0) is 13.8. The Morgan fingerprint density at radius 2 is 2.00 bits per heavy atom.